The molecule has 0 bridgehead atoms. The van der Waals surface area contributed by atoms with Crippen LogP contribution < -0.4 is 15.8 Å². The fourth-order valence-corrected chi connectivity index (χ4v) is 2.21. The summed E-state index contributed by atoms with van der Waals surface area (Å²) >= 11 is 0. The zero-order valence-corrected chi connectivity index (χ0v) is 13.4. The number of carbonyl (C=O) groups is 1. The Balaban J connectivity index is 1.80. The number of aromatic nitrogens is 3. The number of nitrogens with zero attached hydrogens (tertiary/aromatic N) is 3. The molecule has 3 rings (SSSR count). The number of ether oxygens (including phenoxy) is 1. The van der Waals surface area contributed by atoms with E-state index in [4.69, 9.17) is 5.73 Å². The Kier molecular flexibility index (Phi) is 4.67. The van der Waals surface area contributed by atoms with E-state index < -0.39 is 18.2 Å². The Labute approximate surface area is 149 Å². The number of benzene rings is 2. The van der Waals surface area contributed by atoms with Gasteiger partial charge in [-0.25, -0.2) is 18.9 Å². The molecule has 0 spiro atoms. The SMILES string of the molecule is NC(=O)Nc1ccc(-c2ncn(-c3ccc(OC(F)(F)F)cc3)n2)cc1F. The largest absolute Gasteiger partial charge is 0.573 e. The Morgan fingerprint density at radius 3 is 2.44 bits per heavy atom. The molecule has 1 aromatic heterocycles. The molecular formula is C16H11F4N5O2. The van der Waals surface area contributed by atoms with Crippen molar-refractivity contribution in [3.8, 4) is 22.8 Å². The lowest BCUT2D eigenvalue weighted by atomic mass is 10.2. The van der Waals surface area contributed by atoms with Crippen molar-refractivity contribution in [1.29, 1.82) is 0 Å². The van der Waals surface area contributed by atoms with Crippen LogP contribution in [0.2, 0.25) is 0 Å². The minimum absolute atomic E-state index is 0.0917. The average Bonchev–Trinajstić information content (AvgIpc) is 3.05. The van der Waals surface area contributed by atoms with Crippen LogP contribution in [0.4, 0.5) is 28.0 Å². The number of nitrogens with one attached hydrogen (secondary N) is 1. The number of carbonyl (C=O) groups excluding carboxylic acids is 1. The first-order valence-corrected chi connectivity index (χ1v) is 7.35. The summed E-state index contributed by atoms with van der Waals surface area (Å²) in [4.78, 5) is 14.8. The maximum absolute atomic E-state index is 14.0. The lowest BCUT2D eigenvalue weighted by Gasteiger charge is -2.09. The standard InChI is InChI=1S/C16H11F4N5O2/c17-12-7-9(1-6-13(12)23-15(21)26)14-22-8-25(24-14)10-2-4-11(5-3-10)27-16(18,19)20/h1-8H,(H3,21,23,26). The van der Waals surface area contributed by atoms with Crippen LogP contribution in [0.5, 0.6) is 5.75 Å². The highest BCUT2D eigenvalue weighted by Crippen LogP contribution is 2.25. The molecule has 27 heavy (non-hydrogen) atoms. The first-order valence-electron chi connectivity index (χ1n) is 7.35. The molecule has 140 valence electrons. The molecule has 7 nitrogen and oxygen atoms in total. The monoisotopic (exact) mass is 381 g/mol. The minimum Gasteiger partial charge on any atom is -0.406 e. The summed E-state index contributed by atoms with van der Waals surface area (Å²) < 4.78 is 55.6. The molecule has 2 amide bonds. The third kappa shape index (κ3) is 4.51. The van der Waals surface area contributed by atoms with Crippen molar-refractivity contribution >= 4 is 11.7 Å². The van der Waals surface area contributed by atoms with Crippen molar-refractivity contribution in [2.45, 2.75) is 6.36 Å². The molecule has 2 aromatic carbocycles. The van der Waals surface area contributed by atoms with E-state index >= 15 is 0 Å². The van der Waals surface area contributed by atoms with Crippen molar-refractivity contribution in [2.24, 2.45) is 5.73 Å². The molecule has 0 atom stereocenters. The quantitative estimate of drug-likeness (QED) is 0.677. The molecule has 3 aromatic rings. The van der Waals surface area contributed by atoms with Crippen LogP contribution in [-0.4, -0.2) is 27.2 Å². The average molecular weight is 381 g/mol. The molecule has 1 heterocycles. The minimum atomic E-state index is -4.78. The van der Waals surface area contributed by atoms with Crippen molar-refractivity contribution in [3.63, 3.8) is 0 Å². The van der Waals surface area contributed by atoms with Gasteiger partial charge >= 0.3 is 12.4 Å². The maximum Gasteiger partial charge on any atom is 0.573 e. The first-order chi connectivity index (χ1) is 12.7. The highest BCUT2D eigenvalue weighted by molar-refractivity contribution is 5.88. The third-order valence-corrected chi connectivity index (χ3v) is 3.31. The molecular weight excluding hydrogens is 370 g/mol. The molecule has 0 aliphatic heterocycles. The van der Waals surface area contributed by atoms with E-state index in [1.807, 2.05) is 0 Å². The van der Waals surface area contributed by atoms with Crippen LogP contribution in [-0.2, 0) is 0 Å². The van der Waals surface area contributed by atoms with Crippen LogP contribution in [0.15, 0.2) is 48.8 Å². The zero-order valence-electron chi connectivity index (χ0n) is 13.4. The van der Waals surface area contributed by atoms with E-state index in [1.54, 1.807) is 0 Å². The molecule has 0 aliphatic rings. The van der Waals surface area contributed by atoms with Gasteiger partial charge in [0.2, 0.25) is 0 Å². The zero-order chi connectivity index (χ0) is 19.6. The molecule has 0 saturated carbocycles. The Hall–Kier alpha value is -3.63. The number of rotatable bonds is 4. The maximum atomic E-state index is 14.0. The number of halogens is 4. The normalized spacial score (nSPS) is 11.3. The van der Waals surface area contributed by atoms with E-state index in [0.717, 1.165) is 18.2 Å². The Bertz CT molecular complexity index is 970. The van der Waals surface area contributed by atoms with Gasteiger partial charge in [-0.05, 0) is 42.5 Å². The topological polar surface area (TPSA) is 95.1 Å². The van der Waals surface area contributed by atoms with Crippen LogP contribution in [0, 0.1) is 5.82 Å². The number of anilines is 1. The van der Waals surface area contributed by atoms with E-state index in [9.17, 15) is 22.4 Å². The van der Waals surface area contributed by atoms with Crippen molar-refractivity contribution in [2.75, 3.05) is 5.32 Å². The van der Waals surface area contributed by atoms with Gasteiger partial charge in [0, 0.05) is 5.56 Å². The summed E-state index contributed by atoms with van der Waals surface area (Å²) in [6.07, 6.45) is -3.45. The van der Waals surface area contributed by atoms with Crippen molar-refractivity contribution in [3.05, 3.63) is 54.6 Å². The number of primary amides is 1. The molecule has 0 unspecified atom stereocenters. The molecule has 11 heteroatoms. The van der Waals surface area contributed by atoms with Crippen LogP contribution in [0.25, 0.3) is 17.1 Å². The number of amides is 2. The summed E-state index contributed by atoms with van der Waals surface area (Å²) in [7, 11) is 0. The Morgan fingerprint density at radius 1 is 1.15 bits per heavy atom. The summed E-state index contributed by atoms with van der Waals surface area (Å²) in [6, 6.07) is 7.99. The summed E-state index contributed by atoms with van der Waals surface area (Å²) in [5, 5.41) is 6.28. The fraction of sp³-hybridized carbons (Fsp3) is 0.0625. The number of hydrogen-bond donors (Lipinski definition) is 2. The lowest BCUT2D eigenvalue weighted by Crippen LogP contribution is -2.19. The number of hydrogen-bond acceptors (Lipinski definition) is 4. The predicted molar refractivity (Wildman–Crippen MR) is 86.6 cm³/mol. The fourth-order valence-electron chi connectivity index (χ4n) is 2.21. The highest BCUT2D eigenvalue weighted by Gasteiger charge is 2.31. The summed E-state index contributed by atoms with van der Waals surface area (Å²) in [5.74, 6) is -0.919. The van der Waals surface area contributed by atoms with Gasteiger partial charge in [0.15, 0.2) is 5.82 Å². The van der Waals surface area contributed by atoms with E-state index in [1.165, 1.54) is 35.3 Å². The molecule has 0 saturated heterocycles. The van der Waals surface area contributed by atoms with Gasteiger partial charge in [0.1, 0.15) is 17.9 Å². The summed E-state index contributed by atoms with van der Waals surface area (Å²) in [5.41, 5.74) is 5.61. The molecule has 0 aliphatic carbocycles. The van der Waals surface area contributed by atoms with E-state index in [0.29, 0.717) is 11.3 Å². The number of urea groups is 1. The van der Waals surface area contributed by atoms with Crippen LogP contribution in [0.3, 0.4) is 0 Å². The third-order valence-electron chi connectivity index (χ3n) is 3.31. The van der Waals surface area contributed by atoms with Gasteiger partial charge in [-0.15, -0.1) is 18.3 Å². The van der Waals surface area contributed by atoms with Gasteiger partial charge in [0.05, 0.1) is 11.4 Å². The van der Waals surface area contributed by atoms with Crippen LogP contribution >= 0.6 is 0 Å². The van der Waals surface area contributed by atoms with Gasteiger partial charge in [0.25, 0.3) is 0 Å². The van der Waals surface area contributed by atoms with Gasteiger partial charge in [-0.2, -0.15) is 0 Å². The summed E-state index contributed by atoms with van der Waals surface area (Å²) in [6.45, 7) is 0. The number of alkyl halides is 3. The Morgan fingerprint density at radius 2 is 1.85 bits per heavy atom. The van der Waals surface area contributed by atoms with E-state index in [-0.39, 0.29) is 17.3 Å². The second-order valence-corrected chi connectivity index (χ2v) is 5.24. The smallest absolute Gasteiger partial charge is 0.406 e. The highest BCUT2D eigenvalue weighted by atomic mass is 19.4. The molecule has 3 N–H and O–H groups in total. The second kappa shape index (κ2) is 6.94. The van der Waals surface area contributed by atoms with Gasteiger partial charge in [-0.1, -0.05) is 0 Å². The van der Waals surface area contributed by atoms with Gasteiger partial charge in [-0.3, -0.25) is 0 Å². The van der Waals surface area contributed by atoms with Gasteiger partial charge < -0.3 is 15.8 Å². The lowest BCUT2D eigenvalue weighted by molar-refractivity contribution is -0.274. The van der Waals surface area contributed by atoms with Crippen molar-refractivity contribution in [1.82, 2.24) is 14.8 Å². The van der Waals surface area contributed by atoms with Crippen LogP contribution in [0.1, 0.15) is 0 Å². The first kappa shape index (κ1) is 18.2. The van der Waals surface area contributed by atoms with Crippen molar-refractivity contribution < 1.29 is 27.1 Å². The molecule has 0 radical (unpaired) electrons. The van der Waals surface area contributed by atoms with E-state index in [2.05, 4.69) is 20.1 Å². The second-order valence-electron chi connectivity index (χ2n) is 5.24. The predicted octanol–water partition coefficient (Wildman–Crippen LogP) is 3.46. The number of nitrogens with two attached hydrogens (primary N) is 1. The molecule has 0 fully saturated rings.